The van der Waals surface area contributed by atoms with Gasteiger partial charge in [0, 0.05) is 18.2 Å². The Morgan fingerprint density at radius 3 is 2.71 bits per heavy atom. The van der Waals surface area contributed by atoms with Crippen molar-refractivity contribution in [1.29, 1.82) is 0 Å². The molecule has 0 heterocycles. The van der Waals surface area contributed by atoms with E-state index >= 15 is 0 Å². The minimum Gasteiger partial charge on any atom is -0.504 e. The quantitative estimate of drug-likeness (QED) is 0.601. The van der Waals surface area contributed by atoms with Crippen molar-refractivity contribution in [2.45, 2.75) is 44.4 Å². The molecule has 4 nitrogen and oxygen atoms in total. The van der Waals surface area contributed by atoms with Crippen LogP contribution in [0.5, 0.6) is 11.5 Å². The molecule has 4 N–H and O–H groups in total. The van der Waals surface area contributed by atoms with Crippen molar-refractivity contribution in [3.63, 3.8) is 0 Å². The summed E-state index contributed by atoms with van der Waals surface area (Å²) in [7, 11) is 0. The first-order chi connectivity index (χ1) is 8.18. The molecule has 0 spiro atoms. The van der Waals surface area contributed by atoms with Gasteiger partial charge in [0.1, 0.15) is 0 Å². The Labute approximate surface area is 101 Å². The minimum absolute atomic E-state index is 0.0784. The number of aromatic hydroxyl groups is 2. The molecule has 0 saturated heterocycles. The average molecular weight is 237 g/mol. The number of phenolic OH excluding ortho intramolecular Hbond substituents is 2. The van der Waals surface area contributed by atoms with Crippen LogP contribution in [0, 0.1) is 0 Å². The lowest BCUT2D eigenvalue weighted by Gasteiger charge is -2.28. The molecule has 4 heteroatoms. The maximum Gasteiger partial charge on any atom is 0.161 e. The molecule has 2 unspecified atom stereocenters. The van der Waals surface area contributed by atoms with Crippen LogP contribution in [0.15, 0.2) is 18.2 Å². The zero-order valence-electron chi connectivity index (χ0n) is 9.76. The van der Waals surface area contributed by atoms with E-state index < -0.39 is 0 Å². The van der Waals surface area contributed by atoms with Gasteiger partial charge in [0.05, 0.1) is 6.10 Å². The first kappa shape index (κ1) is 12.2. The number of nitrogens with one attached hydrogen (secondary N) is 1. The SMILES string of the molecule is Oc1cccc(CNC2CCCCC2O)c1O. The van der Waals surface area contributed by atoms with E-state index in [4.69, 9.17) is 0 Å². The third kappa shape index (κ3) is 2.90. The van der Waals surface area contributed by atoms with Crippen molar-refractivity contribution in [1.82, 2.24) is 5.32 Å². The van der Waals surface area contributed by atoms with Gasteiger partial charge in [-0.1, -0.05) is 25.0 Å². The second kappa shape index (κ2) is 5.38. The number of hydrogen-bond donors (Lipinski definition) is 4. The number of phenols is 2. The lowest BCUT2D eigenvalue weighted by atomic mass is 9.92. The van der Waals surface area contributed by atoms with Crippen LogP contribution in [0.25, 0.3) is 0 Å². The predicted molar refractivity (Wildman–Crippen MR) is 64.9 cm³/mol. The van der Waals surface area contributed by atoms with E-state index in [1.807, 2.05) is 0 Å². The first-order valence-electron chi connectivity index (χ1n) is 6.10. The normalized spacial score (nSPS) is 24.8. The molecule has 1 aromatic carbocycles. The summed E-state index contributed by atoms with van der Waals surface area (Å²) in [5.41, 5.74) is 0.655. The van der Waals surface area contributed by atoms with E-state index in [0.29, 0.717) is 12.1 Å². The Morgan fingerprint density at radius 2 is 1.94 bits per heavy atom. The fraction of sp³-hybridized carbons (Fsp3) is 0.538. The van der Waals surface area contributed by atoms with Gasteiger partial charge in [-0.15, -0.1) is 0 Å². The van der Waals surface area contributed by atoms with Crippen molar-refractivity contribution in [2.75, 3.05) is 0 Å². The molecule has 0 bridgehead atoms. The summed E-state index contributed by atoms with van der Waals surface area (Å²) in [5.74, 6) is -0.182. The number of rotatable bonds is 3. The summed E-state index contributed by atoms with van der Waals surface area (Å²) < 4.78 is 0. The number of benzene rings is 1. The third-order valence-electron chi connectivity index (χ3n) is 3.38. The number of para-hydroxylation sites is 1. The van der Waals surface area contributed by atoms with Gasteiger partial charge in [0.15, 0.2) is 11.5 Å². The highest BCUT2D eigenvalue weighted by atomic mass is 16.3. The smallest absolute Gasteiger partial charge is 0.161 e. The summed E-state index contributed by atoms with van der Waals surface area (Å²) in [5, 5.41) is 32.0. The van der Waals surface area contributed by atoms with Crippen molar-refractivity contribution >= 4 is 0 Å². The van der Waals surface area contributed by atoms with Crippen LogP contribution >= 0.6 is 0 Å². The van der Waals surface area contributed by atoms with Gasteiger partial charge in [0.25, 0.3) is 0 Å². The number of aliphatic hydroxyl groups is 1. The summed E-state index contributed by atoms with van der Waals surface area (Å²) in [6.07, 6.45) is 3.70. The fourth-order valence-electron chi connectivity index (χ4n) is 2.31. The zero-order valence-corrected chi connectivity index (χ0v) is 9.76. The van der Waals surface area contributed by atoms with Crippen LogP contribution in [-0.4, -0.2) is 27.5 Å². The van der Waals surface area contributed by atoms with E-state index in [1.54, 1.807) is 12.1 Å². The van der Waals surface area contributed by atoms with Crippen LogP contribution in [0.2, 0.25) is 0 Å². The zero-order chi connectivity index (χ0) is 12.3. The molecular weight excluding hydrogens is 218 g/mol. The molecular formula is C13H19NO3. The maximum absolute atomic E-state index is 9.80. The first-order valence-corrected chi connectivity index (χ1v) is 6.10. The molecule has 0 radical (unpaired) electrons. The number of hydrogen-bond acceptors (Lipinski definition) is 4. The van der Waals surface area contributed by atoms with Gasteiger partial charge in [-0.05, 0) is 18.9 Å². The molecule has 0 aromatic heterocycles. The predicted octanol–water partition coefficient (Wildman–Crippen LogP) is 1.49. The second-order valence-corrected chi connectivity index (χ2v) is 4.62. The topological polar surface area (TPSA) is 72.7 Å². The molecule has 0 aliphatic heterocycles. The molecule has 0 amide bonds. The summed E-state index contributed by atoms with van der Waals surface area (Å²) in [6, 6.07) is 5.00. The van der Waals surface area contributed by atoms with E-state index in [1.165, 1.54) is 6.07 Å². The Bertz CT molecular complexity index is 381. The molecule has 1 aliphatic rings. The second-order valence-electron chi connectivity index (χ2n) is 4.62. The van der Waals surface area contributed by atoms with Gasteiger partial charge >= 0.3 is 0 Å². The fourth-order valence-corrected chi connectivity index (χ4v) is 2.31. The Kier molecular flexibility index (Phi) is 3.86. The molecule has 1 aliphatic carbocycles. The van der Waals surface area contributed by atoms with Gasteiger partial charge < -0.3 is 20.6 Å². The van der Waals surface area contributed by atoms with Gasteiger partial charge in [0.2, 0.25) is 0 Å². The molecule has 1 saturated carbocycles. The molecule has 1 aromatic rings. The van der Waals surface area contributed by atoms with E-state index in [2.05, 4.69) is 5.32 Å². The maximum atomic E-state index is 9.80. The van der Waals surface area contributed by atoms with E-state index in [9.17, 15) is 15.3 Å². The van der Waals surface area contributed by atoms with Crippen molar-refractivity contribution in [3.05, 3.63) is 23.8 Å². The molecule has 94 valence electrons. The monoisotopic (exact) mass is 237 g/mol. The van der Waals surface area contributed by atoms with Crippen LogP contribution in [-0.2, 0) is 6.54 Å². The average Bonchev–Trinajstić information content (AvgIpc) is 2.33. The summed E-state index contributed by atoms with van der Waals surface area (Å²) >= 11 is 0. The standard InChI is InChI=1S/C13H19NO3/c15-11-6-2-1-5-10(11)14-8-9-4-3-7-12(16)13(9)17/h3-4,7,10-11,14-17H,1-2,5-6,8H2. The molecule has 2 atom stereocenters. The van der Waals surface area contributed by atoms with Crippen LogP contribution in [0.3, 0.4) is 0 Å². The Morgan fingerprint density at radius 1 is 1.18 bits per heavy atom. The third-order valence-corrected chi connectivity index (χ3v) is 3.38. The van der Waals surface area contributed by atoms with E-state index in [-0.39, 0.29) is 23.6 Å². The van der Waals surface area contributed by atoms with Gasteiger partial charge in [-0.25, -0.2) is 0 Å². The van der Waals surface area contributed by atoms with Crippen molar-refractivity contribution in [3.8, 4) is 11.5 Å². The lowest BCUT2D eigenvalue weighted by Crippen LogP contribution is -2.41. The van der Waals surface area contributed by atoms with Gasteiger partial charge in [-0.2, -0.15) is 0 Å². The van der Waals surface area contributed by atoms with Crippen LogP contribution < -0.4 is 5.32 Å². The summed E-state index contributed by atoms with van der Waals surface area (Å²) in [6.45, 7) is 0.460. The highest BCUT2D eigenvalue weighted by Crippen LogP contribution is 2.28. The Hall–Kier alpha value is -1.26. The highest BCUT2D eigenvalue weighted by Gasteiger charge is 2.22. The van der Waals surface area contributed by atoms with Crippen LogP contribution in [0.1, 0.15) is 31.2 Å². The lowest BCUT2D eigenvalue weighted by molar-refractivity contribution is 0.0901. The van der Waals surface area contributed by atoms with Crippen molar-refractivity contribution in [2.24, 2.45) is 0 Å². The molecule has 17 heavy (non-hydrogen) atoms. The highest BCUT2D eigenvalue weighted by molar-refractivity contribution is 5.44. The number of aliphatic hydroxyl groups excluding tert-OH is 1. The minimum atomic E-state index is -0.303. The largest absolute Gasteiger partial charge is 0.504 e. The van der Waals surface area contributed by atoms with Crippen molar-refractivity contribution < 1.29 is 15.3 Å². The van der Waals surface area contributed by atoms with Gasteiger partial charge in [-0.3, -0.25) is 0 Å². The Balaban J connectivity index is 1.95. The molecule has 2 rings (SSSR count). The van der Waals surface area contributed by atoms with E-state index in [0.717, 1.165) is 25.7 Å². The summed E-state index contributed by atoms with van der Waals surface area (Å²) in [4.78, 5) is 0. The van der Waals surface area contributed by atoms with Crippen LogP contribution in [0.4, 0.5) is 0 Å². The molecule has 1 fully saturated rings.